The Bertz CT molecular complexity index is 370. The van der Waals surface area contributed by atoms with Gasteiger partial charge in [-0.2, -0.15) is 0 Å². The van der Waals surface area contributed by atoms with Crippen LogP contribution in [0.25, 0.3) is 0 Å². The molecule has 0 bridgehead atoms. The molecule has 0 spiro atoms. The second-order valence-corrected chi connectivity index (χ2v) is 4.94. The Hall–Kier alpha value is -1.13. The fourth-order valence-corrected chi connectivity index (χ4v) is 2.61. The van der Waals surface area contributed by atoms with E-state index in [-0.39, 0.29) is 0 Å². The molecule has 2 N–H and O–H groups in total. The topological polar surface area (TPSA) is 48.4 Å². The number of nitrogens with zero attached hydrogens (tertiary/aromatic N) is 2. The van der Waals surface area contributed by atoms with Gasteiger partial charge in [-0.15, -0.1) is 0 Å². The SMILES string of the molecule is CCNc1ncccc1CN1CCC(CCO)C1. The van der Waals surface area contributed by atoms with Crippen molar-refractivity contribution < 1.29 is 5.11 Å². The van der Waals surface area contributed by atoms with Crippen molar-refractivity contribution in [2.24, 2.45) is 5.92 Å². The average Bonchev–Trinajstić information content (AvgIpc) is 2.80. The van der Waals surface area contributed by atoms with Crippen LogP contribution in [0.15, 0.2) is 18.3 Å². The number of rotatable bonds is 6. The molecule has 0 aliphatic carbocycles. The molecule has 4 heteroatoms. The van der Waals surface area contributed by atoms with E-state index in [1.54, 1.807) is 0 Å². The molecule has 1 aromatic heterocycles. The summed E-state index contributed by atoms with van der Waals surface area (Å²) in [4.78, 5) is 6.84. The first-order valence-corrected chi connectivity index (χ1v) is 6.84. The van der Waals surface area contributed by atoms with Crippen molar-refractivity contribution in [3.63, 3.8) is 0 Å². The molecule has 0 amide bonds. The monoisotopic (exact) mass is 249 g/mol. The van der Waals surface area contributed by atoms with Gasteiger partial charge in [-0.1, -0.05) is 6.07 Å². The summed E-state index contributed by atoms with van der Waals surface area (Å²) in [7, 11) is 0. The summed E-state index contributed by atoms with van der Waals surface area (Å²) >= 11 is 0. The zero-order valence-corrected chi connectivity index (χ0v) is 11.1. The maximum absolute atomic E-state index is 8.98. The first-order valence-electron chi connectivity index (χ1n) is 6.84. The van der Waals surface area contributed by atoms with Gasteiger partial charge in [-0.3, -0.25) is 4.90 Å². The highest BCUT2D eigenvalue weighted by Gasteiger charge is 2.22. The molecular formula is C14H23N3O. The van der Waals surface area contributed by atoms with Crippen LogP contribution in [-0.2, 0) is 6.54 Å². The number of anilines is 1. The smallest absolute Gasteiger partial charge is 0.130 e. The third kappa shape index (κ3) is 3.43. The minimum absolute atomic E-state index is 0.314. The Labute approximate surface area is 109 Å². The standard InChI is InChI=1S/C14H23N3O/c1-2-15-14-13(4-3-7-16-14)11-17-8-5-12(10-17)6-9-18/h3-4,7,12,18H,2,5-6,8-11H2,1H3,(H,15,16). The number of aliphatic hydroxyl groups is 1. The number of aromatic nitrogens is 1. The molecule has 2 rings (SSSR count). The highest BCUT2D eigenvalue weighted by Crippen LogP contribution is 2.22. The molecule has 1 saturated heterocycles. The van der Waals surface area contributed by atoms with E-state index in [0.717, 1.165) is 38.4 Å². The Morgan fingerprint density at radius 1 is 1.56 bits per heavy atom. The summed E-state index contributed by atoms with van der Waals surface area (Å²) in [6.07, 6.45) is 3.97. The molecule has 1 fully saturated rings. The summed E-state index contributed by atoms with van der Waals surface area (Å²) in [6.45, 7) is 6.49. The Kier molecular flexibility index (Phi) is 4.96. The van der Waals surface area contributed by atoms with E-state index in [2.05, 4.69) is 28.2 Å². The molecule has 4 nitrogen and oxygen atoms in total. The first kappa shape index (κ1) is 13.3. The van der Waals surface area contributed by atoms with Gasteiger partial charge < -0.3 is 10.4 Å². The van der Waals surface area contributed by atoms with Crippen LogP contribution < -0.4 is 5.32 Å². The fourth-order valence-electron chi connectivity index (χ4n) is 2.61. The second kappa shape index (κ2) is 6.71. The molecule has 100 valence electrons. The molecular weight excluding hydrogens is 226 g/mol. The maximum atomic E-state index is 8.98. The Morgan fingerprint density at radius 2 is 2.44 bits per heavy atom. The van der Waals surface area contributed by atoms with E-state index < -0.39 is 0 Å². The van der Waals surface area contributed by atoms with Gasteiger partial charge in [0, 0.05) is 38.0 Å². The predicted octanol–water partition coefficient (Wildman–Crippen LogP) is 1.72. The second-order valence-electron chi connectivity index (χ2n) is 4.94. The van der Waals surface area contributed by atoms with Crippen molar-refractivity contribution in [2.45, 2.75) is 26.3 Å². The largest absolute Gasteiger partial charge is 0.396 e. The minimum Gasteiger partial charge on any atom is -0.396 e. The average molecular weight is 249 g/mol. The lowest BCUT2D eigenvalue weighted by molar-refractivity contribution is 0.249. The van der Waals surface area contributed by atoms with Crippen molar-refractivity contribution in [2.75, 3.05) is 31.6 Å². The summed E-state index contributed by atoms with van der Waals surface area (Å²) in [6, 6.07) is 4.14. The predicted molar refractivity (Wildman–Crippen MR) is 73.5 cm³/mol. The molecule has 0 aromatic carbocycles. The van der Waals surface area contributed by atoms with E-state index in [9.17, 15) is 0 Å². The van der Waals surface area contributed by atoms with Crippen LogP contribution in [0.5, 0.6) is 0 Å². The normalized spacial score (nSPS) is 20.2. The molecule has 1 aromatic rings. The van der Waals surface area contributed by atoms with Gasteiger partial charge in [0.2, 0.25) is 0 Å². The van der Waals surface area contributed by atoms with E-state index >= 15 is 0 Å². The van der Waals surface area contributed by atoms with E-state index in [1.807, 2.05) is 12.3 Å². The first-order chi connectivity index (χ1) is 8.83. The van der Waals surface area contributed by atoms with Crippen molar-refractivity contribution in [1.29, 1.82) is 0 Å². The number of hydrogen-bond donors (Lipinski definition) is 2. The molecule has 1 aliphatic heterocycles. The lowest BCUT2D eigenvalue weighted by Crippen LogP contribution is -2.21. The fraction of sp³-hybridized carbons (Fsp3) is 0.643. The van der Waals surface area contributed by atoms with Gasteiger partial charge in [0.1, 0.15) is 5.82 Å². The van der Waals surface area contributed by atoms with Crippen molar-refractivity contribution in [1.82, 2.24) is 9.88 Å². The lowest BCUT2D eigenvalue weighted by atomic mass is 10.1. The van der Waals surface area contributed by atoms with Gasteiger partial charge in [0.25, 0.3) is 0 Å². The summed E-state index contributed by atoms with van der Waals surface area (Å²) in [5.74, 6) is 1.67. The quantitative estimate of drug-likeness (QED) is 0.806. The number of nitrogens with one attached hydrogen (secondary N) is 1. The van der Waals surface area contributed by atoms with Crippen LogP contribution in [0.4, 0.5) is 5.82 Å². The number of hydrogen-bond acceptors (Lipinski definition) is 4. The third-order valence-electron chi connectivity index (χ3n) is 3.54. The third-order valence-corrected chi connectivity index (χ3v) is 3.54. The van der Waals surface area contributed by atoms with Gasteiger partial charge in [-0.05, 0) is 38.3 Å². The highest BCUT2D eigenvalue weighted by molar-refractivity contribution is 5.43. The minimum atomic E-state index is 0.314. The molecule has 0 saturated carbocycles. The van der Waals surface area contributed by atoms with E-state index in [1.165, 1.54) is 12.0 Å². The van der Waals surface area contributed by atoms with Crippen molar-refractivity contribution >= 4 is 5.82 Å². The Morgan fingerprint density at radius 3 is 3.22 bits per heavy atom. The van der Waals surface area contributed by atoms with Crippen LogP contribution in [0.2, 0.25) is 0 Å². The number of pyridine rings is 1. The molecule has 1 atom stereocenters. The van der Waals surface area contributed by atoms with Crippen molar-refractivity contribution in [3.05, 3.63) is 23.9 Å². The molecule has 1 aliphatic rings. The van der Waals surface area contributed by atoms with Gasteiger partial charge in [-0.25, -0.2) is 4.98 Å². The van der Waals surface area contributed by atoms with Crippen LogP contribution in [-0.4, -0.2) is 41.2 Å². The molecule has 0 radical (unpaired) electrons. The van der Waals surface area contributed by atoms with Crippen LogP contribution in [0.3, 0.4) is 0 Å². The maximum Gasteiger partial charge on any atom is 0.130 e. The van der Waals surface area contributed by atoms with E-state index in [0.29, 0.717) is 12.5 Å². The number of likely N-dealkylation sites (tertiary alicyclic amines) is 1. The molecule has 1 unspecified atom stereocenters. The Balaban J connectivity index is 1.93. The zero-order valence-electron chi connectivity index (χ0n) is 11.1. The van der Waals surface area contributed by atoms with Gasteiger partial charge in [0.15, 0.2) is 0 Å². The lowest BCUT2D eigenvalue weighted by Gasteiger charge is -2.18. The summed E-state index contributed by atoms with van der Waals surface area (Å²) in [5.41, 5.74) is 1.27. The van der Waals surface area contributed by atoms with Crippen LogP contribution >= 0.6 is 0 Å². The summed E-state index contributed by atoms with van der Waals surface area (Å²) < 4.78 is 0. The van der Waals surface area contributed by atoms with E-state index in [4.69, 9.17) is 5.11 Å². The summed E-state index contributed by atoms with van der Waals surface area (Å²) in [5, 5.41) is 12.3. The zero-order chi connectivity index (χ0) is 12.8. The number of aliphatic hydroxyl groups excluding tert-OH is 1. The van der Waals surface area contributed by atoms with Gasteiger partial charge >= 0.3 is 0 Å². The highest BCUT2D eigenvalue weighted by atomic mass is 16.3. The van der Waals surface area contributed by atoms with Crippen LogP contribution in [0.1, 0.15) is 25.3 Å². The van der Waals surface area contributed by atoms with Gasteiger partial charge in [0.05, 0.1) is 0 Å². The van der Waals surface area contributed by atoms with Crippen molar-refractivity contribution in [3.8, 4) is 0 Å². The molecule has 2 heterocycles. The molecule has 18 heavy (non-hydrogen) atoms. The van der Waals surface area contributed by atoms with Crippen LogP contribution in [0, 0.1) is 5.92 Å².